The van der Waals surface area contributed by atoms with Crippen LogP contribution < -0.4 is 5.32 Å². The van der Waals surface area contributed by atoms with Gasteiger partial charge in [0.1, 0.15) is 6.04 Å². The second kappa shape index (κ2) is 5.60. The Morgan fingerprint density at radius 1 is 1.62 bits per heavy atom. The summed E-state index contributed by atoms with van der Waals surface area (Å²) in [5.41, 5.74) is 0.847. The minimum Gasteiger partial charge on any atom is -0.347 e. The van der Waals surface area contributed by atoms with Gasteiger partial charge in [0.25, 0.3) is 0 Å². The third-order valence-corrected chi connectivity index (χ3v) is 2.31. The van der Waals surface area contributed by atoms with E-state index in [1.807, 2.05) is 13.8 Å². The second-order valence-electron chi connectivity index (χ2n) is 3.88. The Balaban J connectivity index is 2.66. The lowest BCUT2D eigenvalue weighted by molar-refractivity contribution is -0.132. The van der Waals surface area contributed by atoms with E-state index in [1.165, 1.54) is 0 Å². The standard InChI is InChI=1S/C10H19N5O/c1-5-11-6-9-7-15(13-12-9)8(2)10(16)14(3)4/h7-8,11H,5-6H2,1-4H3. The third-order valence-electron chi connectivity index (χ3n) is 2.31. The third kappa shape index (κ3) is 3.03. The minimum absolute atomic E-state index is 0.0138. The summed E-state index contributed by atoms with van der Waals surface area (Å²) in [6.07, 6.45) is 1.80. The predicted octanol–water partition coefficient (Wildman–Crippen LogP) is 0.0368. The molecule has 0 fully saturated rings. The van der Waals surface area contributed by atoms with Crippen molar-refractivity contribution >= 4 is 5.91 Å². The lowest BCUT2D eigenvalue weighted by atomic mass is 10.3. The van der Waals surface area contributed by atoms with Crippen LogP contribution in [-0.2, 0) is 11.3 Å². The maximum Gasteiger partial charge on any atom is 0.246 e. The van der Waals surface area contributed by atoms with Crippen molar-refractivity contribution in [2.45, 2.75) is 26.4 Å². The molecule has 0 aliphatic carbocycles. The maximum absolute atomic E-state index is 11.7. The zero-order chi connectivity index (χ0) is 12.1. The monoisotopic (exact) mass is 225 g/mol. The van der Waals surface area contributed by atoms with Gasteiger partial charge in [0.05, 0.1) is 11.9 Å². The van der Waals surface area contributed by atoms with Crippen molar-refractivity contribution in [3.63, 3.8) is 0 Å². The van der Waals surface area contributed by atoms with Crippen molar-refractivity contribution in [3.05, 3.63) is 11.9 Å². The highest BCUT2D eigenvalue weighted by Gasteiger charge is 2.17. The molecule has 1 unspecified atom stereocenters. The van der Waals surface area contributed by atoms with Crippen LogP contribution in [0.5, 0.6) is 0 Å². The van der Waals surface area contributed by atoms with Crippen molar-refractivity contribution in [2.75, 3.05) is 20.6 Å². The summed E-state index contributed by atoms with van der Waals surface area (Å²) in [5.74, 6) is 0.0138. The van der Waals surface area contributed by atoms with Gasteiger partial charge in [-0.3, -0.25) is 4.79 Å². The molecule has 0 radical (unpaired) electrons. The van der Waals surface area contributed by atoms with E-state index in [1.54, 1.807) is 29.9 Å². The molecular formula is C10H19N5O. The topological polar surface area (TPSA) is 63.1 Å². The zero-order valence-electron chi connectivity index (χ0n) is 10.3. The van der Waals surface area contributed by atoms with Crippen LogP contribution in [0.4, 0.5) is 0 Å². The lowest BCUT2D eigenvalue weighted by Gasteiger charge is -2.16. The van der Waals surface area contributed by atoms with Crippen LogP contribution in [0.2, 0.25) is 0 Å². The summed E-state index contributed by atoms with van der Waals surface area (Å²) < 4.78 is 1.59. The number of nitrogens with zero attached hydrogens (tertiary/aromatic N) is 4. The Kier molecular flexibility index (Phi) is 4.42. The molecule has 1 aromatic heterocycles. The Morgan fingerprint density at radius 3 is 2.88 bits per heavy atom. The number of carbonyl (C=O) groups excluding carboxylic acids is 1. The molecule has 0 bridgehead atoms. The van der Waals surface area contributed by atoms with E-state index in [-0.39, 0.29) is 11.9 Å². The molecule has 1 amide bonds. The van der Waals surface area contributed by atoms with Crippen LogP contribution >= 0.6 is 0 Å². The van der Waals surface area contributed by atoms with Crippen molar-refractivity contribution in [1.82, 2.24) is 25.2 Å². The van der Waals surface area contributed by atoms with E-state index in [2.05, 4.69) is 15.6 Å². The summed E-state index contributed by atoms with van der Waals surface area (Å²) >= 11 is 0. The van der Waals surface area contributed by atoms with E-state index in [0.29, 0.717) is 6.54 Å². The molecule has 0 saturated heterocycles. The van der Waals surface area contributed by atoms with Crippen LogP contribution in [-0.4, -0.2) is 46.4 Å². The summed E-state index contributed by atoms with van der Waals surface area (Å²) in [5, 5.41) is 11.1. The fourth-order valence-corrected chi connectivity index (χ4v) is 1.32. The van der Waals surface area contributed by atoms with Gasteiger partial charge in [0.15, 0.2) is 0 Å². The molecule has 16 heavy (non-hydrogen) atoms. The maximum atomic E-state index is 11.7. The number of hydrogen-bond acceptors (Lipinski definition) is 4. The SMILES string of the molecule is CCNCc1cn(C(C)C(=O)N(C)C)nn1. The van der Waals surface area contributed by atoms with Crippen LogP contribution in [0.3, 0.4) is 0 Å². The van der Waals surface area contributed by atoms with Crippen LogP contribution in [0.25, 0.3) is 0 Å². The molecule has 0 aliphatic rings. The summed E-state index contributed by atoms with van der Waals surface area (Å²) in [6.45, 7) is 5.41. The molecule has 0 saturated carbocycles. The van der Waals surface area contributed by atoms with E-state index < -0.39 is 0 Å². The van der Waals surface area contributed by atoms with E-state index in [9.17, 15) is 4.79 Å². The summed E-state index contributed by atoms with van der Waals surface area (Å²) in [4.78, 5) is 13.2. The Hall–Kier alpha value is -1.43. The van der Waals surface area contributed by atoms with E-state index in [4.69, 9.17) is 0 Å². The van der Waals surface area contributed by atoms with Crippen molar-refractivity contribution in [2.24, 2.45) is 0 Å². The van der Waals surface area contributed by atoms with Gasteiger partial charge in [-0.1, -0.05) is 12.1 Å². The Morgan fingerprint density at radius 2 is 2.31 bits per heavy atom. The Labute approximate surface area is 95.6 Å². The molecule has 0 aromatic carbocycles. The number of aromatic nitrogens is 3. The number of amides is 1. The first-order valence-electron chi connectivity index (χ1n) is 5.38. The summed E-state index contributed by atoms with van der Waals surface area (Å²) in [7, 11) is 3.46. The highest BCUT2D eigenvalue weighted by molar-refractivity contribution is 5.79. The minimum atomic E-state index is -0.308. The van der Waals surface area contributed by atoms with Gasteiger partial charge in [-0.2, -0.15) is 0 Å². The molecule has 1 heterocycles. The molecular weight excluding hydrogens is 206 g/mol. The van der Waals surface area contributed by atoms with E-state index >= 15 is 0 Å². The molecule has 0 spiro atoms. The van der Waals surface area contributed by atoms with Gasteiger partial charge in [-0.05, 0) is 13.5 Å². The van der Waals surface area contributed by atoms with Crippen molar-refractivity contribution in [3.8, 4) is 0 Å². The first-order chi connectivity index (χ1) is 7.56. The first-order valence-corrected chi connectivity index (χ1v) is 5.38. The number of carbonyl (C=O) groups is 1. The highest BCUT2D eigenvalue weighted by Crippen LogP contribution is 2.07. The fourth-order valence-electron chi connectivity index (χ4n) is 1.32. The number of nitrogens with one attached hydrogen (secondary N) is 1. The predicted molar refractivity (Wildman–Crippen MR) is 60.8 cm³/mol. The van der Waals surface area contributed by atoms with E-state index in [0.717, 1.165) is 12.2 Å². The molecule has 1 atom stereocenters. The van der Waals surface area contributed by atoms with Crippen LogP contribution in [0.1, 0.15) is 25.6 Å². The molecule has 90 valence electrons. The molecule has 1 aromatic rings. The van der Waals surface area contributed by atoms with Gasteiger partial charge < -0.3 is 10.2 Å². The molecule has 6 nitrogen and oxygen atoms in total. The fraction of sp³-hybridized carbons (Fsp3) is 0.700. The highest BCUT2D eigenvalue weighted by atomic mass is 16.2. The quantitative estimate of drug-likeness (QED) is 0.768. The molecule has 1 N–H and O–H groups in total. The zero-order valence-corrected chi connectivity index (χ0v) is 10.3. The number of rotatable bonds is 5. The lowest BCUT2D eigenvalue weighted by Crippen LogP contribution is -2.30. The first kappa shape index (κ1) is 12.6. The van der Waals surface area contributed by atoms with Gasteiger partial charge in [0.2, 0.25) is 5.91 Å². The summed E-state index contributed by atoms with van der Waals surface area (Å²) in [6, 6.07) is -0.308. The van der Waals surface area contributed by atoms with Crippen LogP contribution in [0.15, 0.2) is 6.20 Å². The number of likely N-dealkylation sites (N-methyl/N-ethyl adjacent to an activating group) is 1. The molecule has 6 heteroatoms. The van der Waals surface area contributed by atoms with Crippen molar-refractivity contribution in [1.29, 1.82) is 0 Å². The average Bonchev–Trinajstić information content (AvgIpc) is 2.72. The molecule has 1 rings (SSSR count). The smallest absolute Gasteiger partial charge is 0.246 e. The van der Waals surface area contributed by atoms with Crippen LogP contribution in [0, 0.1) is 0 Å². The normalized spacial score (nSPS) is 12.5. The largest absolute Gasteiger partial charge is 0.347 e. The average molecular weight is 225 g/mol. The van der Waals surface area contributed by atoms with Crippen molar-refractivity contribution < 1.29 is 4.79 Å². The van der Waals surface area contributed by atoms with Gasteiger partial charge >= 0.3 is 0 Å². The molecule has 0 aliphatic heterocycles. The second-order valence-corrected chi connectivity index (χ2v) is 3.88. The Bertz CT molecular complexity index is 347. The van der Waals surface area contributed by atoms with Gasteiger partial charge in [-0.15, -0.1) is 5.10 Å². The number of hydrogen-bond donors (Lipinski definition) is 1. The van der Waals surface area contributed by atoms with Gasteiger partial charge in [0, 0.05) is 20.6 Å². The van der Waals surface area contributed by atoms with Gasteiger partial charge in [-0.25, -0.2) is 4.68 Å².